The van der Waals surface area contributed by atoms with E-state index in [0.717, 1.165) is 0 Å². The lowest BCUT2D eigenvalue weighted by Crippen LogP contribution is -2.30. The third-order valence-corrected chi connectivity index (χ3v) is 4.12. The fraction of sp³-hybridized carbons (Fsp3) is 0.417. The average molecular weight is 324 g/mol. The number of carbonyl (C=O) groups excluding carboxylic acids is 1. The van der Waals surface area contributed by atoms with E-state index in [9.17, 15) is 13.2 Å². The van der Waals surface area contributed by atoms with Gasteiger partial charge < -0.3 is 4.90 Å². The minimum atomic E-state index is -3.88. The Kier molecular flexibility index (Phi) is 5.24. The maximum atomic E-state index is 12.2. The molecule has 1 amide bonds. The van der Waals surface area contributed by atoms with Gasteiger partial charge in [-0.15, -0.1) is 0 Å². The molecule has 7 heteroatoms. The van der Waals surface area contributed by atoms with E-state index in [4.69, 9.17) is 22.3 Å². The molecule has 0 aliphatic rings. The minimum Gasteiger partial charge on any atom is -0.341 e. The van der Waals surface area contributed by atoms with Gasteiger partial charge in [0, 0.05) is 24.3 Å². The Labute approximate surface area is 122 Å². The molecule has 0 radical (unpaired) electrons. The van der Waals surface area contributed by atoms with Crippen molar-refractivity contribution in [2.45, 2.75) is 18.7 Å². The Morgan fingerprint density at radius 1 is 1.37 bits per heavy atom. The maximum absolute atomic E-state index is 12.2. The van der Waals surface area contributed by atoms with E-state index >= 15 is 0 Å². The number of rotatable bonds is 4. The van der Waals surface area contributed by atoms with Crippen LogP contribution in [-0.4, -0.2) is 32.8 Å². The van der Waals surface area contributed by atoms with Crippen molar-refractivity contribution in [1.82, 2.24) is 4.90 Å². The van der Waals surface area contributed by atoms with E-state index in [1.165, 1.54) is 23.1 Å². The third-order valence-electron chi connectivity index (χ3n) is 2.44. The van der Waals surface area contributed by atoms with Crippen molar-refractivity contribution in [1.29, 1.82) is 0 Å². The van der Waals surface area contributed by atoms with Crippen LogP contribution >= 0.6 is 22.3 Å². The summed E-state index contributed by atoms with van der Waals surface area (Å²) in [6, 6.07) is 3.82. The molecule has 0 saturated carbocycles. The van der Waals surface area contributed by atoms with Crippen molar-refractivity contribution in [3.05, 3.63) is 28.8 Å². The molecule has 0 aliphatic carbocycles. The van der Waals surface area contributed by atoms with Crippen molar-refractivity contribution in [2.75, 3.05) is 13.6 Å². The van der Waals surface area contributed by atoms with E-state index in [2.05, 4.69) is 0 Å². The highest BCUT2D eigenvalue weighted by Crippen LogP contribution is 2.24. The summed E-state index contributed by atoms with van der Waals surface area (Å²) in [6.45, 7) is 4.50. The normalized spacial score (nSPS) is 11.7. The molecule has 0 atom stereocenters. The molecule has 0 heterocycles. The summed E-state index contributed by atoms with van der Waals surface area (Å²) in [5.41, 5.74) is 0.131. The molecule has 0 fully saturated rings. The van der Waals surface area contributed by atoms with Crippen molar-refractivity contribution < 1.29 is 13.2 Å². The Bertz CT molecular complexity index is 585. The van der Waals surface area contributed by atoms with Gasteiger partial charge in [-0.2, -0.15) is 0 Å². The first-order valence-electron chi connectivity index (χ1n) is 5.62. The van der Waals surface area contributed by atoms with Crippen LogP contribution in [-0.2, 0) is 9.05 Å². The minimum absolute atomic E-state index is 0.131. The van der Waals surface area contributed by atoms with Gasteiger partial charge in [-0.1, -0.05) is 25.4 Å². The predicted molar refractivity (Wildman–Crippen MR) is 76.3 cm³/mol. The Morgan fingerprint density at radius 2 is 1.95 bits per heavy atom. The first-order chi connectivity index (χ1) is 8.62. The zero-order valence-electron chi connectivity index (χ0n) is 10.9. The van der Waals surface area contributed by atoms with Crippen molar-refractivity contribution in [2.24, 2.45) is 5.92 Å². The van der Waals surface area contributed by atoms with Crippen LogP contribution in [0.4, 0.5) is 0 Å². The summed E-state index contributed by atoms with van der Waals surface area (Å²) in [4.78, 5) is 13.5. The van der Waals surface area contributed by atoms with Crippen LogP contribution in [0.2, 0.25) is 5.02 Å². The summed E-state index contributed by atoms with van der Waals surface area (Å²) in [5.74, 6) is -0.0338. The topological polar surface area (TPSA) is 54.5 Å². The highest BCUT2D eigenvalue weighted by atomic mass is 35.7. The van der Waals surface area contributed by atoms with E-state index in [0.29, 0.717) is 12.5 Å². The fourth-order valence-corrected chi connectivity index (χ4v) is 2.63. The SMILES string of the molecule is CC(C)CN(C)C(=O)c1cc(S(=O)(=O)Cl)ccc1Cl. The lowest BCUT2D eigenvalue weighted by Gasteiger charge is -2.20. The molecule has 0 unspecified atom stereocenters. The van der Waals surface area contributed by atoms with Crippen LogP contribution in [0.1, 0.15) is 24.2 Å². The smallest absolute Gasteiger partial charge is 0.261 e. The van der Waals surface area contributed by atoms with Crippen molar-refractivity contribution in [3.8, 4) is 0 Å². The number of nitrogens with zero attached hydrogens (tertiary/aromatic N) is 1. The summed E-state index contributed by atoms with van der Waals surface area (Å²) in [5, 5.41) is 0.199. The summed E-state index contributed by atoms with van der Waals surface area (Å²) in [7, 11) is 3.01. The highest BCUT2D eigenvalue weighted by Gasteiger charge is 2.19. The molecule has 1 aromatic rings. The van der Waals surface area contributed by atoms with Crippen LogP contribution in [0.25, 0.3) is 0 Å². The fourth-order valence-electron chi connectivity index (χ4n) is 1.66. The second-order valence-corrected chi connectivity index (χ2v) is 7.63. The Morgan fingerprint density at radius 3 is 2.42 bits per heavy atom. The first kappa shape index (κ1) is 16.3. The van der Waals surface area contributed by atoms with Crippen LogP contribution < -0.4 is 0 Å². The van der Waals surface area contributed by atoms with Gasteiger partial charge in [0.05, 0.1) is 15.5 Å². The van der Waals surface area contributed by atoms with E-state index < -0.39 is 9.05 Å². The molecule has 0 aromatic heterocycles. The van der Waals surface area contributed by atoms with Gasteiger partial charge in [0.15, 0.2) is 0 Å². The largest absolute Gasteiger partial charge is 0.341 e. The zero-order chi connectivity index (χ0) is 14.8. The molecular formula is C12H15Cl2NO3S. The van der Waals surface area contributed by atoms with Gasteiger partial charge in [0.25, 0.3) is 15.0 Å². The molecule has 1 rings (SSSR count). The van der Waals surface area contributed by atoms with Crippen LogP contribution in [0.5, 0.6) is 0 Å². The van der Waals surface area contributed by atoms with Gasteiger partial charge >= 0.3 is 0 Å². The second-order valence-electron chi connectivity index (χ2n) is 4.66. The van der Waals surface area contributed by atoms with E-state index in [1.54, 1.807) is 7.05 Å². The molecule has 106 valence electrons. The molecule has 0 spiro atoms. The summed E-state index contributed by atoms with van der Waals surface area (Å²) >= 11 is 5.94. The van der Waals surface area contributed by atoms with Crippen molar-refractivity contribution >= 4 is 37.2 Å². The van der Waals surface area contributed by atoms with Gasteiger partial charge in [-0.3, -0.25) is 4.79 Å². The first-order valence-corrected chi connectivity index (χ1v) is 8.31. The highest BCUT2D eigenvalue weighted by molar-refractivity contribution is 8.13. The number of benzene rings is 1. The molecule has 1 aromatic carbocycles. The van der Waals surface area contributed by atoms with Gasteiger partial charge in [0.1, 0.15) is 0 Å². The lowest BCUT2D eigenvalue weighted by molar-refractivity contribution is 0.0779. The Balaban J connectivity index is 3.16. The predicted octanol–water partition coefficient (Wildman–Crippen LogP) is 3.00. The molecule has 19 heavy (non-hydrogen) atoms. The number of hydrogen-bond acceptors (Lipinski definition) is 3. The molecule has 0 saturated heterocycles. The van der Waals surface area contributed by atoms with Gasteiger partial charge in [0.2, 0.25) is 0 Å². The number of hydrogen-bond donors (Lipinski definition) is 0. The maximum Gasteiger partial charge on any atom is 0.261 e. The summed E-state index contributed by atoms with van der Waals surface area (Å²) < 4.78 is 22.5. The lowest BCUT2D eigenvalue weighted by atomic mass is 10.1. The van der Waals surface area contributed by atoms with E-state index in [1.807, 2.05) is 13.8 Å². The van der Waals surface area contributed by atoms with Gasteiger partial charge in [-0.05, 0) is 24.1 Å². The summed E-state index contributed by atoms with van der Waals surface area (Å²) in [6.07, 6.45) is 0. The third kappa shape index (κ3) is 4.37. The molecule has 0 aliphatic heterocycles. The molecule has 4 nitrogen and oxygen atoms in total. The van der Waals surface area contributed by atoms with Crippen LogP contribution in [0.15, 0.2) is 23.1 Å². The standard InChI is InChI=1S/C12H15Cl2NO3S/c1-8(2)7-15(3)12(16)10-6-9(19(14,17)18)4-5-11(10)13/h4-6,8H,7H2,1-3H3. The van der Waals surface area contributed by atoms with Crippen molar-refractivity contribution in [3.63, 3.8) is 0 Å². The van der Waals surface area contributed by atoms with Crippen LogP contribution in [0.3, 0.4) is 0 Å². The zero-order valence-corrected chi connectivity index (χ0v) is 13.2. The monoisotopic (exact) mass is 323 g/mol. The van der Waals surface area contributed by atoms with E-state index in [-0.39, 0.29) is 21.4 Å². The number of amides is 1. The molecule has 0 bridgehead atoms. The molecular weight excluding hydrogens is 309 g/mol. The van der Waals surface area contributed by atoms with Gasteiger partial charge in [-0.25, -0.2) is 8.42 Å². The van der Waals surface area contributed by atoms with Crippen LogP contribution in [0, 0.1) is 5.92 Å². The average Bonchev–Trinajstić information content (AvgIpc) is 2.26. The number of carbonyl (C=O) groups is 1. The quantitative estimate of drug-likeness (QED) is 0.800. The second kappa shape index (κ2) is 6.11. The molecule has 0 N–H and O–H groups in total. The number of halogens is 2. The Hall–Kier alpha value is -0.780.